The molecule has 1 aromatic rings. The summed E-state index contributed by atoms with van der Waals surface area (Å²) in [4.78, 5) is 20.3. The number of halogens is 3. The SMILES string of the molecule is NC(=O)c1cnc(N[C@H]2CC[C@@H](OCC(F)(F)F)CC2)nc1N[C@@H]1CCC[C@H](O)C1. The number of anilines is 2. The van der Waals surface area contributed by atoms with Crippen molar-refractivity contribution < 1.29 is 27.8 Å². The number of nitrogens with two attached hydrogens (primary N) is 1. The lowest BCUT2D eigenvalue weighted by molar-refractivity contribution is -0.187. The summed E-state index contributed by atoms with van der Waals surface area (Å²) >= 11 is 0. The summed E-state index contributed by atoms with van der Waals surface area (Å²) in [5.41, 5.74) is 5.60. The molecule has 0 radical (unpaired) electrons. The number of nitrogens with one attached hydrogen (secondary N) is 2. The van der Waals surface area contributed by atoms with Crippen LogP contribution in [0.15, 0.2) is 6.20 Å². The van der Waals surface area contributed by atoms with Crippen LogP contribution in [0.5, 0.6) is 0 Å². The monoisotopic (exact) mass is 431 g/mol. The van der Waals surface area contributed by atoms with Gasteiger partial charge in [0.1, 0.15) is 12.4 Å². The van der Waals surface area contributed by atoms with E-state index in [2.05, 4.69) is 20.6 Å². The first kappa shape index (κ1) is 22.5. The number of primary amides is 1. The zero-order valence-corrected chi connectivity index (χ0v) is 16.6. The van der Waals surface area contributed by atoms with E-state index in [1.807, 2.05) is 0 Å². The normalized spacial score (nSPS) is 27.5. The molecule has 8 nitrogen and oxygen atoms in total. The lowest BCUT2D eigenvalue weighted by Crippen LogP contribution is -2.33. The van der Waals surface area contributed by atoms with Crippen molar-refractivity contribution in [3.63, 3.8) is 0 Å². The molecule has 0 saturated heterocycles. The van der Waals surface area contributed by atoms with Gasteiger partial charge in [0.2, 0.25) is 5.95 Å². The predicted octanol–water partition coefficient (Wildman–Crippen LogP) is 2.59. The van der Waals surface area contributed by atoms with E-state index in [1.54, 1.807) is 0 Å². The molecule has 2 aliphatic carbocycles. The van der Waals surface area contributed by atoms with E-state index in [9.17, 15) is 23.1 Å². The van der Waals surface area contributed by atoms with E-state index in [0.29, 0.717) is 43.9 Å². The van der Waals surface area contributed by atoms with Gasteiger partial charge in [-0.05, 0) is 51.4 Å². The Morgan fingerprint density at radius 1 is 1.17 bits per heavy atom. The van der Waals surface area contributed by atoms with Crippen molar-refractivity contribution in [3.8, 4) is 0 Å². The van der Waals surface area contributed by atoms with Gasteiger partial charge in [0.15, 0.2) is 0 Å². The van der Waals surface area contributed by atoms with E-state index in [1.165, 1.54) is 6.20 Å². The molecule has 1 heterocycles. The van der Waals surface area contributed by atoms with Crippen LogP contribution in [0.3, 0.4) is 0 Å². The van der Waals surface area contributed by atoms with Crippen LogP contribution in [0.1, 0.15) is 61.7 Å². The van der Waals surface area contributed by atoms with Crippen LogP contribution in [0, 0.1) is 0 Å². The molecule has 0 unspecified atom stereocenters. The van der Waals surface area contributed by atoms with Crippen molar-refractivity contribution in [2.75, 3.05) is 17.2 Å². The molecule has 168 valence electrons. The molecule has 30 heavy (non-hydrogen) atoms. The van der Waals surface area contributed by atoms with Crippen LogP contribution in [0.2, 0.25) is 0 Å². The Labute approximate surface area is 172 Å². The van der Waals surface area contributed by atoms with Crippen molar-refractivity contribution in [1.29, 1.82) is 0 Å². The molecule has 0 aliphatic heterocycles. The fourth-order valence-electron chi connectivity index (χ4n) is 4.00. The van der Waals surface area contributed by atoms with Gasteiger partial charge in [0, 0.05) is 18.3 Å². The first-order valence-corrected chi connectivity index (χ1v) is 10.3. The summed E-state index contributed by atoms with van der Waals surface area (Å²) in [6.45, 7) is -1.22. The first-order chi connectivity index (χ1) is 14.2. The highest BCUT2D eigenvalue weighted by molar-refractivity contribution is 5.97. The van der Waals surface area contributed by atoms with Gasteiger partial charge in [-0.25, -0.2) is 4.98 Å². The van der Waals surface area contributed by atoms with Gasteiger partial charge in [0.05, 0.1) is 17.8 Å². The molecule has 1 amide bonds. The highest BCUT2D eigenvalue weighted by atomic mass is 19.4. The molecule has 0 bridgehead atoms. The van der Waals surface area contributed by atoms with Crippen molar-refractivity contribution in [2.45, 2.75) is 81.8 Å². The zero-order valence-electron chi connectivity index (χ0n) is 16.6. The van der Waals surface area contributed by atoms with Gasteiger partial charge >= 0.3 is 6.18 Å². The molecule has 5 N–H and O–H groups in total. The molecular formula is C19H28F3N5O3. The smallest absolute Gasteiger partial charge is 0.393 e. The maximum Gasteiger partial charge on any atom is 0.411 e. The first-order valence-electron chi connectivity index (χ1n) is 10.3. The summed E-state index contributed by atoms with van der Waals surface area (Å²) in [6.07, 6.45) is 1.57. The molecule has 2 fully saturated rings. The lowest BCUT2D eigenvalue weighted by Gasteiger charge is -2.30. The van der Waals surface area contributed by atoms with E-state index in [4.69, 9.17) is 10.5 Å². The maximum absolute atomic E-state index is 12.3. The number of hydrogen-bond acceptors (Lipinski definition) is 7. The number of carbonyl (C=O) groups is 1. The third-order valence-electron chi connectivity index (χ3n) is 5.53. The van der Waals surface area contributed by atoms with Crippen LogP contribution in [0.25, 0.3) is 0 Å². The third kappa shape index (κ3) is 6.69. The third-order valence-corrected chi connectivity index (χ3v) is 5.53. The Balaban J connectivity index is 1.58. The van der Waals surface area contributed by atoms with Crippen LogP contribution in [-0.2, 0) is 4.74 Å². The van der Waals surface area contributed by atoms with Gasteiger partial charge in [-0.15, -0.1) is 0 Å². The van der Waals surface area contributed by atoms with E-state index >= 15 is 0 Å². The summed E-state index contributed by atoms with van der Waals surface area (Å²) in [5.74, 6) is -0.0115. The quantitative estimate of drug-likeness (QED) is 0.523. The average Bonchev–Trinajstić information content (AvgIpc) is 2.67. The molecular weight excluding hydrogens is 403 g/mol. The highest BCUT2D eigenvalue weighted by Crippen LogP contribution is 2.27. The van der Waals surface area contributed by atoms with Crippen molar-refractivity contribution in [2.24, 2.45) is 5.73 Å². The zero-order chi connectivity index (χ0) is 21.7. The van der Waals surface area contributed by atoms with Gasteiger partial charge < -0.3 is 26.2 Å². The van der Waals surface area contributed by atoms with E-state index in [-0.39, 0.29) is 23.8 Å². The number of amides is 1. The summed E-state index contributed by atoms with van der Waals surface area (Å²) in [6, 6.07) is -0.0182. The van der Waals surface area contributed by atoms with Gasteiger partial charge in [0.25, 0.3) is 5.91 Å². The average molecular weight is 431 g/mol. The Morgan fingerprint density at radius 3 is 2.53 bits per heavy atom. The van der Waals surface area contributed by atoms with Crippen molar-refractivity contribution >= 4 is 17.7 Å². The topological polar surface area (TPSA) is 122 Å². The van der Waals surface area contributed by atoms with Gasteiger partial charge in [-0.2, -0.15) is 18.2 Å². The van der Waals surface area contributed by atoms with Crippen LogP contribution in [-0.4, -0.2) is 58.1 Å². The van der Waals surface area contributed by atoms with Gasteiger partial charge in [-0.1, -0.05) is 0 Å². The molecule has 2 atom stereocenters. The fraction of sp³-hybridized carbons (Fsp3) is 0.737. The Hall–Kier alpha value is -2.14. The highest BCUT2D eigenvalue weighted by Gasteiger charge is 2.31. The minimum Gasteiger partial charge on any atom is -0.393 e. The number of rotatable bonds is 7. The Morgan fingerprint density at radius 2 is 1.90 bits per heavy atom. The lowest BCUT2D eigenvalue weighted by atomic mass is 9.93. The molecule has 2 saturated carbocycles. The minimum absolute atomic E-state index is 0.000447. The second-order valence-corrected chi connectivity index (χ2v) is 8.03. The molecule has 0 aromatic carbocycles. The Bertz CT molecular complexity index is 726. The number of ether oxygens (including phenoxy) is 1. The van der Waals surface area contributed by atoms with Crippen molar-refractivity contribution in [1.82, 2.24) is 9.97 Å². The molecule has 11 heteroatoms. The minimum atomic E-state index is -4.32. The predicted molar refractivity (Wildman–Crippen MR) is 104 cm³/mol. The molecule has 0 spiro atoms. The summed E-state index contributed by atoms with van der Waals surface area (Å²) < 4.78 is 41.8. The number of carbonyl (C=O) groups excluding carboxylic acids is 1. The number of alkyl halides is 3. The van der Waals surface area contributed by atoms with E-state index < -0.39 is 24.8 Å². The summed E-state index contributed by atoms with van der Waals surface area (Å²) in [5, 5.41) is 16.2. The van der Waals surface area contributed by atoms with Crippen LogP contribution < -0.4 is 16.4 Å². The van der Waals surface area contributed by atoms with Gasteiger partial charge in [-0.3, -0.25) is 4.79 Å². The number of hydrogen-bond donors (Lipinski definition) is 4. The molecule has 3 rings (SSSR count). The standard InChI is InChI=1S/C19H28F3N5O3/c20-19(21,22)10-30-14-6-4-11(5-7-14)26-18-24-9-15(16(23)29)17(27-18)25-12-2-1-3-13(28)8-12/h9,11-14,28H,1-8,10H2,(H2,23,29)(H2,24,25,26,27)/t11-,12-,13+,14+/m1/s1. The Kier molecular flexibility index (Phi) is 7.35. The van der Waals surface area contributed by atoms with Crippen LogP contribution in [0.4, 0.5) is 24.9 Å². The second-order valence-electron chi connectivity index (χ2n) is 8.03. The number of aromatic nitrogens is 2. The fourth-order valence-corrected chi connectivity index (χ4v) is 4.00. The molecule has 2 aliphatic rings. The maximum atomic E-state index is 12.3. The van der Waals surface area contributed by atoms with Crippen LogP contribution >= 0.6 is 0 Å². The largest absolute Gasteiger partial charge is 0.411 e. The van der Waals surface area contributed by atoms with E-state index in [0.717, 1.165) is 19.3 Å². The number of nitrogens with zero attached hydrogens (tertiary/aromatic N) is 2. The number of aliphatic hydroxyl groups excluding tert-OH is 1. The molecule has 1 aromatic heterocycles. The van der Waals surface area contributed by atoms with Crippen molar-refractivity contribution in [3.05, 3.63) is 11.8 Å². The number of aliphatic hydroxyl groups is 1. The summed E-state index contributed by atoms with van der Waals surface area (Å²) in [7, 11) is 0. The second kappa shape index (κ2) is 9.78.